The molecule has 1 heterocycles. The highest BCUT2D eigenvalue weighted by Crippen LogP contribution is 2.34. The van der Waals surface area contributed by atoms with E-state index in [0.717, 1.165) is 0 Å². The predicted octanol–water partition coefficient (Wildman–Crippen LogP) is 2.50. The van der Waals surface area contributed by atoms with Gasteiger partial charge in [0.05, 0.1) is 0 Å². The first-order chi connectivity index (χ1) is 12.5. The van der Waals surface area contributed by atoms with E-state index < -0.39 is 30.4 Å². The van der Waals surface area contributed by atoms with Crippen molar-refractivity contribution in [1.82, 2.24) is 0 Å². The molecule has 0 aliphatic carbocycles. The summed E-state index contributed by atoms with van der Waals surface area (Å²) in [6.45, 7) is 1.04. The smallest absolute Gasteiger partial charge is 0.344 e. The van der Waals surface area contributed by atoms with Crippen molar-refractivity contribution in [2.45, 2.75) is 13.0 Å². The second kappa shape index (κ2) is 7.73. The van der Waals surface area contributed by atoms with Gasteiger partial charge in [0, 0.05) is 11.8 Å². The lowest BCUT2D eigenvalue weighted by molar-refractivity contribution is -0.155. The molecule has 3 rings (SSSR count). The molecule has 0 aromatic heterocycles. The summed E-state index contributed by atoms with van der Waals surface area (Å²) in [5, 5.41) is 2.61. The second-order valence-electron chi connectivity index (χ2n) is 5.41. The van der Waals surface area contributed by atoms with Crippen molar-refractivity contribution in [2.24, 2.45) is 0 Å². The Balaban J connectivity index is 1.49. The highest BCUT2D eigenvalue weighted by atomic mass is 19.1. The fraction of sp³-hybridized carbons (Fsp3) is 0.222. The van der Waals surface area contributed by atoms with Crippen molar-refractivity contribution in [3.63, 3.8) is 0 Å². The number of anilines is 1. The Morgan fingerprint density at radius 2 is 1.96 bits per heavy atom. The molecule has 0 saturated heterocycles. The molecule has 1 atom stereocenters. The Bertz CT molecular complexity index is 825. The summed E-state index contributed by atoms with van der Waals surface area (Å²) < 4.78 is 33.8. The monoisotopic (exact) mass is 361 g/mol. The average Bonchev–Trinajstić information content (AvgIpc) is 3.08. The van der Waals surface area contributed by atoms with E-state index in [4.69, 9.17) is 18.9 Å². The van der Waals surface area contributed by atoms with E-state index in [-0.39, 0.29) is 12.5 Å². The Labute approximate surface area is 148 Å². The molecule has 136 valence electrons. The molecule has 2 aromatic carbocycles. The maximum atomic E-state index is 13.4. The van der Waals surface area contributed by atoms with Crippen LogP contribution in [0.5, 0.6) is 17.2 Å². The summed E-state index contributed by atoms with van der Waals surface area (Å²) >= 11 is 0. The standard InChI is InChI=1S/C18H16FNO6/c1-11(26-17(21)9-23-14-5-3-2-4-13(14)19)18(22)20-12-6-7-15-16(8-12)25-10-24-15/h2-8,11H,9-10H2,1H3,(H,20,22)/t11-/m1/s1. The lowest BCUT2D eigenvalue weighted by atomic mass is 10.2. The molecular weight excluding hydrogens is 345 g/mol. The van der Waals surface area contributed by atoms with Crippen LogP contribution in [0.1, 0.15) is 6.92 Å². The minimum atomic E-state index is -1.06. The summed E-state index contributed by atoms with van der Waals surface area (Å²) in [6.07, 6.45) is -1.06. The number of esters is 1. The normalized spacial score (nSPS) is 13.0. The number of amides is 1. The van der Waals surface area contributed by atoms with Gasteiger partial charge in [-0.15, -0.1) is 0 Å². The van der Waals surface area contributed by atoms with Crippen LogP contribution in [0, 0.1) is 5.82 Å². The molecule has 26 heavy (non-hydrogen) atoms. The number of carbonyl (C=O) groups is 2. The van der Waals surface area contributed by atoms with Crippen molar-refractivity contribution in [2.75, 3.05) is 18.7 Å². The zero-order valence-electron chi connectivity index (χ0n) is 13.9. The molecule has 1 aliphatic heterocycles. The molecular formula is C18H16FNO6. The largest absolute Gasteiger partial charge is 0.479 e. The zero-order chi connectivity index (χ0) is 18.5. The van der Waals surface area contributed by atoms with Gasteiger partial charge in [-0.05, 0) is 31.2 Å². The number of benzene rings is 2. The average molecular weight is 361 g/mol. The highest BCUT2D eigenvalue weighted by Gasteiger charge is 2.20. The van der Waals surface area contributed by atoms with E-state index in [2.05, 4.69) is 5.32 Å². The number of halogens is 1. The topological polar surface area (TPSA) is 83.1 Å². The van der Waals surface area contributed by atoms with Gasteiger partial charge in [0.15, 0.2) is 35.8 Å². The summed E-state index contributed by atoms with van der Waals surface area (Å²) in [5.41, 5.74) is 0.477. The van der Waals surface area contributed by atoms with Crippen molar-refractivity contribution in [1.29, 1.82) is 0 Å². The maximum absolute atomic E-state index is 13.4. The van der Waals surface area contributed by atoms with Gasteiger partial charge in [-0.2, -0.15) is 0 Å². The summed E-state index contributed by atoms with van der Waals surface area (Å²) in [7, 11) is 0. The first kappa shape index (κ1) is 17.5. The second-order valence-corrected chi connectivity index (χ2v) is 5.41. The summed E-state index contributed by atoms with van der Waals surface area (Å²) in [5.74, 6) is -0.862. The van der Waals surface area contributed by atoms with Crippen LogP contribution in [0.15, 0.2) is 42.5 Å². The fourth-order valence-electron chi connectivity index (χ4n) is 2.20. The molecule has 0 bridgehead atoms. The molecule has 2 aromatic rings. The molecule has 1 amide bonds. The maximum Gasteiger partial charge on any atom is 0.344 e. The molecule has 0 spiro atoms. The van der Waals surface area contributed by atoms with Crippen LogP contribution < -0.4 is 19.5 Å². The van der Waals surface area contributed by atoms with E-state index >= 15 is 0 Å². The molecule has 0 unspecified atom stereocenters. The lowest BCUT2D eigenvalue weighted by Gasteiger charge is -2.14. The van der Waals surface area contributed by atoms with Gasteiger partial charge in [-0.25, -0.2) is 9.18 Å². The first-order valence-electron chi connectivity index (χ1n) is 7.80. The van der Waals surface area contributed by atoms with Gasteiger partial charge in [0.25, 0.3) is 5.91 Å². The van der Waals surface area contributed by atoms with Crippen LogP contribution in [0.3, 0.4) is 0 Å². The number of hydrogen-bond acceptors (Lipinski definition) is 6. The van der Waals surface area contributed by atoms with Gasteiger partial charge in [-0.3, -0.25) is 4.79 Å². The van der Waals surface area contributed by atoms with Crippen LogP contribution in [-0.4, -0.2) is 31.4 Å². The summed E-state index contributed by atoms with van der Waals surface area (Å²) in [4.78, 5) is 23.9. The summed E-state index contributed by atoms with van der Waals surface area (Å²) in [6, 6.07) is 10.6. The number of rotatable bonds is 6. The molecule has 8 heteroatoms. The number of ether oxygens (including phenoxy) is 4. The minimum Gasteiger partial charge on any atom is -0.479 e. The number of nitrogens with one attached hydrogen (secondary N) is 1. The number of para-hydroxylation sites is 1. The van der Waals surface area contributed by atoms with Crippen molar-refractivity contribution in [3.8, 4) is 17.2 Å². The SMILES string of the molecule is C[C@@H](OC(=O)COc1ccccc1F)C(=O)Nc1ccc2c(c1)OCO2. The van der Waals surface area contributed by atoms with Crippen molar-refractivity contribution >= 4 is 17.6 Å². The molecule has 0 radical (unpaired) electrons. The van der Waals surface area contributed by atoms with Crippen LogP contribution in [0.25, 0.3) is 0 Å². The van der Waals surface area contributed by atoms with Crippen molar-refractivity contribution in [3.05, 3.63) is 48.3 Å². The predicted molar refractivity (Wildman–Crippen MR) is 88.6 cm³/mol. The number of fused-ring (bicyclic) bond motifs is 1. The molecule has 0 fully saturated rings. The quantitative estimate of drug-likeness (QED) is 0.796. The molecule has 1 aliphatic rings. The van der Waals surface area contributed by atoms with Crippen LogP contribution in [-0.2, 0) is 14.3 Å². The minimum absolute atomic E-state index is 0.0677. The third-order valence-electron chi connectivity index (χ3n) is 3.50. The zero-order valence-corrected chi connectivity index (χ0v) is 13.9. The molecule has 7 nitrogen and oxygen atoms in total. The van der Waals surface area contributed by atoms with E-state index in [9.17, 15) is 14.0 Å². The fourth-order valence-corrected chi connectivity index (χ4v) is 2.20. The van der Waals surface area contributed by atoms with E-state index in [0.29, 0.717) is 17.2 Å². The molecule has 0 saturated carbocycles. The Morgan fingerprint density at radius 3 is 2.77 bits per heavy atom. The van der Waals surface area contributed by atoms with Crippen LogP contribution >= 0.6 is 0 Å². The number of hydrogen-bond donors (Lipinski definition) is 1. The number of carbonyl (C=O) groups excluding carboxylic acids is 2. The van der Waals surface area contributed by atoms with Gasteiger partial charge in [0.2, 0.25) is 6.79 Å². The van der Waals surface area contributed by atoms with E-state index in [1.165, 1.54) is 25.1 Å². The molecule has 1 N–H and O–H groups in total. The van der Waals surface area contributed by atoms with E-state index in [1.807, 2.05) is 0 Å². The Morgan fingerprint density at radius 1 is 1.19 bits per heavy atom. The first-order valence-corrected chi connectivity index (χ1v) is 7.80. The van der Waals surface area contributed by atoms with Crippen molar-refractivity contribution < 1.29 is 32.9 Å². The lowest BCUT2D eigenvalue weighted by Crippen LogP contribution is -2.31. The third-order valence-corrected chi connectivity index (χ3v) is 3.50. The van der Waals surface area contributed by atoms with Gasteiger partial charge in [-0.1, -0.05) is 12.1 Å². The van der Waals surface area contributed by atoms with Crippen LogP contribution in [0.2, 0.25) is 0 Å². The highest BCUT2D eigenvalue weighted by molar-refractivity contribution is 5.95. The van der Waals surface area contributed by atoms with Gasteiger partial charge < -0.3 is 24.3 Å². The third kappa shape index (κ3) is 4.21. The van der Waals surface area contributed by atoms with Gasteiger partial charge >= 0.3 is 5.97 Å². The van der Waals surface area contributed by atoms with E-state index in [1.54, 1.807) is 24.3 Å². The Hall–Kier alpha value is -3.29. The van der Waals surface area contributed by atoms with Crippen LogP contribution in [0.4, 0.5) is 10.1 Å². The van der Waals surface area contributed by atoms with Gasteiger partial charge in [0.1, 0.15) is 0 Å². The Kier molecular flexibility index (Phi) is 5.21.